The lowest BCUT2D eigenvalue weighted by Crippen LogP contribution is -2.25. The third kappa shape index (κ3) is 3.68. The van der Waals surface area contributed by atoms with Gasteiger partial charge in [-0.05, 0) is 12.5 Å². The number of H-pyrrole nitrogens is 1. The molecule has 0 aliphatic carbocycles. The summed E-state index contributed by atoms with van der Waals surface area (Å²) in [6.45, 7) is 2.15. The van der Waals surface area contributed by atoms with Crippen molar-refractivity contribution in [3.05, 3.63) is 53.6 Å². The average molecular weight is 265 g/mol. The van der Waals surface area contributed by atoms with Crippen LogP contribution in [0.5, 0.6) is 0 Å². The second-order valence-electron chi connectivity index (χ2n) is 4.10. The molecule has 2 aromatic rings. The first-order valence-electron chi connectivity index (χ1n) is 5.56. The van der Waals surface area contributed by atoms with Gasteiger partial charge in [0, 0.05) is 12.4 Å². The molecule has 0 amide bonds. The van der Waals surface area contributed by atoms with Crippen molar-refractivity contribution in [2.24, 2.45) is 0 Å². The van der Waals surface area contributed by atoms with Gasteiger partial charge in [0.2, 0.25) is 10.0 Å². The fraction of sp³-hybridized carbons (Fsp3) is 0.250. The van der Waals surface area contributed by atoms with E-state index in [2.05, 4.69) is 14.7 Å². The number of benzene rings is 1. The van der Waals surface area contributed by atoms with Crippen LogP contribution < -0.4 is 4.72 Å². The van der Waals surface area contributed by atoms with Crippen molar-refractivity contribution in [2.75, 3.05) is 0 Å². The largest absolute Gasteiger partial charge is 0.347 e. The van der Waals surface area contributed by atoms with Crippen LogP contribution in [-0.2, 0) is 22.3 Å². The Labute approximate surface area is 106 Å². The molecule has 0 aliphatic rings. The third-order valence-electron chi connectivity index (χ3n) is 2.49. The van der Waals surface area contributed by atoms with Gasteiger partial charge in [-0.2, -0.15) is 0 Å². The number of aromatic nitrogens is 2. The van der Waals surface area contributed by atoms with Crippen molar-refractivity contribution in [1.29, 1.82) is 0 Å². The third-order valence-corrected chi connectivity index (χ3v) is 3.79. The minimum Gasteiger partial charge on any atom is -0.347 e. The van der Waals surface area contributed by atoms with Crippen LogP contribution in [-0.4, -0.2) is 18.4 Å². The molecular formula is C12H15N3O2S. The van der Waals surface area contributed by atoms with Crippen molar-refractivity contribution >= 4 is 10.0 Å². The van der Waals surface area contributed by atoms with Gasteiger partial charge in [-0.25, -0.2) is 18.1 Å². The maximum atomic E-state index is 11.8. The molecule has 0 saturated carbocycles. The Kier molecular flexibility index (Phi) is 3.78. The van der Waals surface area contributed by atoms with E-state index in [9.17, 15) is 8.42 Å². The molecule has 1 aromatic heterocycles. The number of aromatic amines is 1. The highest BCUT2D eigenvalue weighted by atomic mass is 32.2. The molecule has 2 N–H and O–H groups in total. The van der Waals surface area contributed by atoms with E-state index in [0.29, 0.717) is 5.82 Å². The molecule has 0 bridgehead atoms. The van der Waals surface area contributed by atoms with E-state index >= 15 is 0 Å². The zero-order chi connectivity index (χ0) is 13.0. The van der Waals surface area contributed by atoms with Gasteiger partial charge in [0.15, 0.2) is 0 Å². The van der Waals surface area contributed by atoms with Crippen LogP contribution in [0.1, 0.15) is 17.0 Å². The second kappa shape index (κ2) is 5.32. The quantitative estimate of drug-likeness (QED) is 0.856. The van der Waals surface area contributed by atoms with Crippen LogP contribution in [0.4, 0.5) is 0 Å². The normalized spacial score (nSPS) is 11.6. The maximum absolute atomic E-state index is 11.8. The Morgan fingerprint density at radius 1 is 1.28 bits per heavy atom. The van der Waals surface area contributed by atoms with Crippen molar-refractivity contribution in [3.8, 4) is 0 Å². The van der Waals surface area contributed by atoms with Crippen molar-refractivity contribution in [1.82, 2.24) is 14.7 Å². The summed E-state index contributed by atoms with van der Waals surface area (Å²) >= 11 is 0. The lowest BCUT2D eigenvalue weighted by atomic mass is 10.2. The first-order valence-corrected chi connectivity index (χ1v) is 7.21. The molecule has 1 aromatic carbocycles. The molecule has 18 heavy (non-hydrogen) atoms. The molecule has 96 valence electrons. The Hall–Kier alpha value is -1.66. The van der Waals surface area contributed by atoms with Gasteiger partial charge in [-0.1, -0.05) is 29.8 Å². The zero-order valence-corrected chi connectivity index (χ0v) is 10.9. The summed E-state index contributed by atoms with van der Waals surface area (Å²) in [6.07, 6.45) is 3.24. The number of nitrogens with one attached hydrogen (secondary N) is 2. The smallest absolute Gasteiger partial charge is 0.216 e. The topological polar surface area (TPSA) is 74.8 Å². The lowest BCUT2D eigenvalue weighted by Gasteiger charge is -2.05. The molecule has 0 fully saturated rings. The Balaban J connectivity index is 1.97. The van der Waals surface area contributed by atoms with Crippen LogP contribution in [0.2, 0.25) is 0 Å². The SMILES string of the molecule is Cc1ccc(CS(=O)(=O)NCc2ncc[nH]2)cc1. The lowest BCUT2D eigenvalue weighted by molar-refractivity contribution is 0.578. The molecule has 0 aliphatic heterocycles. The molecule has 5 nitrogen and oxygen atoms in total. The number of sulfonamides is 1. The molecule has 0 saturated heterocycles. The van der Waals surface area contributed by atoms with Crippen LogP contribution in [0, 0.1) is 6.92 Å². The summed E-state index contributed by atoms with van der Waals surface area (Å²) in [5.74, 6) is 0.580. The predicted octanol–water partition coefficient (Wildman–Crippen LogP) is 1.34. The minimum atomic E-state index is -3.33. The van der Waals surface area contributed by atoms with Gasteiger partial charge in [-0.3, -0.25) is 0 Å². The number of imidazole rings is 1. The number of hydrogen-bond acceptors (Lipinski definition) is 3. The summed E-state index contributed by atoms with van der Waals surface area (Å²) in [4.78, 5) is 6.80. The average Bonchev–Trinajstić information content (AvgIpc) is 2.83. The van der Waals surface area contributed by atoms with E-state index in [-0.39, 0.29) is 12.3 Å². The fourth-order valence-electron chi connectivity index (χ4n) is 1.53. The highest BCUT2D eigenvalue weighted by Gasteiger charge is 2.11. The van der Waals surface area contributed by atoms with Gasteiger partial charge < -0.3 is 4.98 Å². The van der Waals surface area contributed by atoms with E-state index in [0.717, 1.165) is 11.1 Å². The molecular weight excluding hydrogens is 250 g/mol. The van der Waals surface area contributed by atoms with E-state index < -0.39 is 10.0 Å². The molecule has 0 unspecified atom stereocenters. The van der Waals surface area contributed by atoms with Crippen molar-refractivity contribution in [2.45, 2.75) is 19.2 Å². The summed E-state index contributed by atoms with van der Waals surface area (Å²) in [5.41, 5.74) is 1.88. The van der Waals surface area contributed by atoms with E-state index in [1.54, 1.807) is 12.4 Å². The standard InChI is InChI=1S/C12H15N3O2S/c1-10-2-4-11(5-3-10)9-18(16,17)15-8-12-13-6-7-14-12/h2-7,15H,8-9H2,1H3,(H,13,14). The Morgan fingerprint density at radius 3 is 2.61 bits per heavy atom. The monoisotopic (exact) mass is 265 g/mol. The zero-order valence-electron chi connectivity index (χ0n) is 10.1. The number of aryl methyl sites for hydroxylation is 1. The first-order chi connectivity index (χ1) is 8.55. The van der Waals surface area contributed by atoms with Gasteiger partial charge in [0.1, 0.15) is 5.82 Å². The van der Waals surface area contributed by atoms with E-state index in [1.165, 1.54) is 0 Å². The van der Waals surface area contributed by atoms with Gasteiger partial charge in [0.05, 0.1) is 12.3 Å². The number of hydrogen-bond donors (Lipinski definition) is 2. The Morgan fingerprint density at radius 2 is 2.00 bits per heavy atom. The van der Waals surface area contributed by atoms with E-state index in [1.807, 2.05) is 31.2 Å². The number of nitrogens with zero attached hydrogens (tertiary/aromatic N) is 1. The second-order valence-corrected chi connectivity index (χ2v) is 5.91. The number of rotatable bonds is 5. The van der Waals surface area contributed by atoms with Gasteiger partial charge >= 0.3 is 0 Å². The van der Waals surface area contributed by atoms with Crippen molar-refractivity contribution < 1.29 is 8.42 Å². The maximum Gasteiger partial charge on any atom is 0.216 e. The van der Waals surface area contributed by atoms with Gasteiger partial charge in [0.25, 0.3) is 0 Å². The highest BCUT2D eigenvalue weighted by molar-refractivity contribution is 7.88. The minimum absolute atomic E-state index is 0.0199. The molecule has 2 rings (SSSR count). The van der Waals surface area contributed by atoms with Crippen LogP contribution in [0.15, 0.2) is 36.7 Å². The predicted molar refractivity (Wildman–Crippen MR) is 69.2 cm³/mol. The van der Waals surface area contributed by atoms with Crippen molar-refractivity contribution in [3.63, 3.8) is 0 Å². The first kappa shape index (κ1) is 12.8. The molecule has 6 heteroatoms. The summed E-state index contributed by atoms with van der Waals surface area (Å²) in [5, 5.41) is 0. The summed E-state index contributed by atoms with van der Waals surface area (Å²) in [6, 6.07) is 7.44. The highest BCUT2D eigenvalue weighted by Crippen LogP contribution is 2.07. The van der Waals surface area contributed by atoms with Crippen LogP contribution in [0.25, 0.3) is 0 Å². The molecule has 0 atom stereocenters. The molecule has 1 heterocycles. The summed E-state index contributed by atoms with van der Waals surface area (Å²) < 4.78 is 26.2. The molecule has 0 spiro atoms. The van der Waals surface area contributed by atoms with Gasteiger partial charge in [-0.15, -0.1) is 0 Å². The Bertz CT molecular complexity index is 589. The fourth-order valence-corrected chi connectivity index (χ4v) is 2.62. The summed E-state index contributed by atoms with van der Waals surface area (Å²) in [7, 11) is -3.33. The molecule has 0 radical (unpaired) electrons. The van der Waals surface area contributed by atoms with E-state index in [4.69, 9.17) is 0 Å². The van der Waals surface area contributed by atoms with Crippen LogP contribution in [0.3, 0.4) is 0 Å². The van der Waals surface area contributed by atoms with Crippen LogP contribution >= 0.6 is 0 Å².